The lowest BCUT2D eigenvalue weighted by Crippen LogP contribution is -2.47. The van der Waals surface area contributed by atoms with Crippen LogP contribution in [0.3, 0.4) is 0 Å². The molecule has 1 aliphatic rings. The summed E-state index contributed by atoms with van der Waals surface area (Å²) in [4.78, 5) is 14.0. The summed E-state index contributed by atoms with van der Waals surface area (Å²) in [6.45, 7) is 7.47. The smallest absolute Gasteiger partial charge is 0.317 e. The van der Waals surface area contributed by atoms with E-state index < -0.39 is 0 Å². The first-order chi connectivity index (χ1) is 9.47. The molecule has 0 saturated carbocycles. The van der Waals surface area contributed by atoms with E-state index in [2.05, 4.69) is 5.32 Å². The monoisotopic (exact) mass is 280 g/mol. The third kappa shape index (κ3) is 3.54. The van der Waals surface area contributed by atoms with Gasteiger partial charge in [0.1, 0.15) is 11.5 Å². The molecule has 2 unspecified atom stereocenters. The summed E-state index contributed by atoms with van der Waals surface area (Å²) in [6.07, 6.45) is 1.58. The van der Waals surface area contributed by atoms with Crippen LogP contribution in [0, 0.1) is 19.8 Å². The number of nitrogens with zero attached hydrogens (tertiary/aromatic N) is 1. The summed E-state index contributed by atoms with van der Waals surface area (Å²) in [7, 11) is 0. The molecule has 5 nitrogen and oxygen atoms in total. The van der Waals surface area contributed by atoms with Crippen molar-refractivity contribution in [2.24, 2.45) is 5.92 Å². The van der Waals surface area contributed by atoms with Gasteiger partial charge >= 0.3 is 6.03 Å². The lowest BCUT2D eigenvalue weighted by Gasteiger charge is -2.34. The molecule has 1 aromatic heterocycles. The van der Waals surface area contributed by atoms with Gasteiger partial charge in [-0.05, 0) is 39.7 Å². The van der Waals surface area contributed by atoms with Gasteiger partial charge in [0, 0.05) is 31.1 Å². The molecule has 1 saturated heterocycles. The number of rotatable bonds is 3. The fourth-order valence-corrected chi connectivity index (χ4v) is 2.73. The third-order valence-corrected chi connectivity index (χ3v) is 4.00. The summed E-state index contributed by atoms with van der Waals surface area (Å²) in [5, 5.41) is 12.6. The minimum atomic E-state index is -0.357. The number of aliphatic hydroxyl groups excluding tert-OH is 1. The molecule has 0 aliphatic carbocycles. The van der Waals surface area contributed by atoms with Crippen molar-refractivity contribution < 1.29 is 14.3 Å². The molecule has 112 valence electrons. The summed E-state index contributed by atoms with van der Waals surface area (Å²) >= 11 is 0. The van der Waals surface area contributed by atoms with Crippen LogP contribution in [0.5, 0.6) is 0 Å². The van der Waals surface area contributed by atoms with E-state index in [0.29, 0.717) is 13.1 Å². The summed E-state index contributed by atoms with van der Waals surface area (Å²) in [5.41, 5.74) is 1.01. The highest BCUT2D eigenvalue weighted by Gasteiger charge is 2.26. The van der Waals surface area contributed by atoms with Crippen molar-refractivity contribution in [1.82, 2.24) is 10.2 Å². The van der Waals surface area contributed by atoms with Crippen LogP contribution in [0.25, 0.3) is 0 Å². The van der Waals surface area contributed by atoms with Crippen molar-refractivity contribution in [3.05, 3.63) is 23.2 Å². The predicted molar refractivity (Wildman–Crippen MR) is 76.4 cm³/mol. The first kappa shape index (κ1) is 14.9. The second kappa shape index (κ2) is 6.31. The Morgan fingerprint density at radius 1 is 1.60 bits per heavy atom. The van der Waals surface area contributed by atoms with Crippen LogP contribution in [-0.2, 0) is 6.54 Å². The first-order valence-corrected chi connectivity index (χ1v) is 7.24. The molecule has 2 rings (SSSR count). The average molecular weight is 280 g/mol. The second-order valence-electron chi connectivity index (χ2n) is 5.69. The number of carbonyl (C=O) groups excluding carboxylic acids is 1. The molecule has 1 aromatic rings. The minimum Gasteiger partial charge on any atom is -0.466 e. The number of likely N-dealkylation sites (tertiary alicyclic amines) is 1. The Kier molecular flexibility index (Phi) is 4.70. The molecule has 1 fully saturated rings. The maximum atomic E-state index is 12.2. The summed E-state index contributed by atoms with van der Waals surface area (Å²) in [5.74, 6) is 1.90. The van der Waals surface area contributed by atoms with Crippen LogP contribution in [0.1, 0.15) is 36.8 Å². The Balaban J connectivity index is 1.87. The maximum absolute atomic E-state index is 12.2. The van der Waals surface area contributed by atoms with Crippen molar-refractivity contribution in [3.63, 3.8) is 0 Å². The number of furan rings is 1. The molecule has 0 aromatic carbocycles. The lowest BCUT2D eigenvalue weighted by atomic mass is 9.94. The number of carbonyl (C=O) groups is 1. The molecular formula is C15H24N2O3. The van der Waals surface area contributed by atoms with Gasteiger partial charge in [-0.25, -0.2) is 4.79 Å². The highest BCUT2D eigenvalue weighted by Crippen LogP contribution is 2.20. The van der Waals surface area contributed by atoms with E-state index in [-0.39, 0.29) is 18.1 Å². The molecule has 0 spiro atoms. The quantitative estimate of drug-likeness (QED) is 0.892. The first-order valence-electron chi connectivity index (χ1n) is 7.24. The topological polar surface area (TPSA) is 65.7 Å². The Hall–Kier alpha value is -1.49. The molecule has 20 heavy (non-hydrogen) atoms. The molecule has 0 radical (unpaired) electrons. The fraction of sp³-hybridized carbons (Fsp3) is 0.667. The van der Waals surface area contributed by atoms with Crippen molar-refractivity contribution >= 4 is 6.03 Å². The van der Waals surface area contributed by atoms with Crippen molar-refractivity contribution in [2.45, 2.75) is 46.3 Å². The van der Waals surface area contributed by atoms with E-state index >= 15 is 0 Å². The zero-order valence-corrected chi connectivity index (χ0v) is 12.5. The Labute approximate surface area is 119 Å². The molecule has 0 bridgehead atoms. The summed E-state index contributed by atoms with van der Waals surface area (Å²) in [6, 6.07) is 1.89. The SMILES string of the molecule is Cc1cc(CNC(=O)N2CCCC(C(C)O)C2)c(C)o1. The number of nitrogens with one attached hydrogen (secondary N) is 1. The standard InChI is InChI=1S/C15H24N2O3/c1-10-7-14(12(3)20-10)8-16-15(19)17-6-4-5-13(9-17)11(2)18/h7,11,13,18H,4-6,8-9H2,1-3H3,(H,16,19). The number of piperidine rings is 1. The maximum Gasteiger partial charge on any atom is 0.317 e. The van der Waals surface area contributed by atoms with Gasteiger partial charge in [0.15, 0.2) is 0 Å². The van der Waals surface area contributed by atoms with Crippen LogP contribution >= 0.6 is 0 Å². The van der Waals surface area contributed by atoms with E-state index in [1.165, 1.54) is 0 Å². The Morgan fingerprint density at radius 2 is 2.35 bits per heavy atom. The summed E-state index contributed by atoms with van der Waals surface area (Å²) < 4.78 is 5.44. The zero-order chi connectivity index (χ0) is 14.7. The van der Waals surface area contributed by atoms with Crippen molar-refractivity contribution in [1.29, 1.82) is 0 Å². The Bertz CT molecular complexity index is 468. The Morgan fingerprint density at radius 3 is 2.95 bits per heavy atom. The molecule has 5 heteroatoms. The van der Waals surface area contributed by atoms with Gasteiger partial charge in [-0.15, -0.1) is 0 Å². The van der Waals surface area contributed by atoms with Gasteiger partial charge in [0.05, 0.1) is 6.10 Å². The largest absolute Gasteiger partial charge is 0.466 e. The number of hydrogen-bond acceptors (Lipinski definition) is 3. The third-order valence-electron chi connectivity index (χ3n) is 4.00. The number of hydrogen-bond donors (Lipinski definition) is 2. The van der Waals surface area contributed by atoms with E-state index in [1.54, 1.807) is 11.8 Å². The van der Waals surface area contributed by atoms with Gasteiger partial charge in [-0.2, -0.15) is 0 Å². The molecular weight excluding hydrogens is 256 g/mol. The van der Waals surface area contributed by atoms with Crippen LogP contribution in [0.4, 0.5) is 4.79 Å². The lowest BCUT2D eigenvalue weighted by molar-refractivity contribution is 0.0738. The predicted octanol–water partition coefficient (Wildman–Crippen LogP) is 2.20. The number of urea groups is 1. The highest BCUT2D eigenvalue weighted by molar-refractivity contribution is 5.74. The number of aryl methyl sites for hydroxylation is 2. The van der Waals surface area contributed by atoms with Crippen LogP contribution in [0.2, 0.25) is 0 Å². The van der Waals surface area contributed by atoms with Crippen molar-refractivity contribution in [3.8, 4) is 0 Å². The van der Waals surface area contributed by atoms with Crippen LogP contribution in [-0.4, -0.2) is 35.2 Å². The van der Waals surface area contributed by atoms with E-state index in [4.69, 9.17) is 4.42 Å². The molecule has 2 atom stereocenters. The van der Waals surface area contributed by atoms with Crippen LogP contribution in [0.15, 0.2) is 10.5 Å². The normalized spacial score (nSPS) is 20.8. The average Bonchev–Trinajstić information content (AvgIpc) is 2.74. The van der Waals surface area contributed by atoms with Gasteiger partial charge in [0.25, 0.3) is 0 Å². The fourth-order valence-electron chi connectivity index (χ4n) is 2.73. The number of amides is 2. The van der Waals surface area contributed by atoms with Gasteiger partial charge < -0.3 is 19.7 Å². The number of aliphatic hydroxyl groups is 1. The van der Waals surface area contributed by atoms with E-state index in [0.717, 1.165) is 36.5 Å². The minimum absolute atomic E-state index is 0.0615. The van der Waals surface area contributed by atoms with Crippen molar-refractivity contribution in [2.75, 3.05) is 13.1 Å². The second-order valence-corrected chi connectivity index (χ2v) is 5.69. The molecule has 2 N–H and O–H groups in total. The highest BCUT2D eigenvalue weighted by atomic mass is 16.3. The zero-order valence-electron chi connectivity index (χ0n) is 12.5. The van der Waals surface area contributed by atoms with E-state index in [9.17, 15) is 9.90 Å². The van der Waals surface area contributed by atoms with Gasteiger partial charge in [-0.3, -0.25) is 0 Å². The molecule has 2 heterocycles. The van der Waals surface area contributed by atoms with Gasteiger partial charge in [0.2, 0.25) is 0 Å². The van der Waals surface area contributed by atoms with Crippen LogP contribution < -0.4 is 5.32 Å². The van der Waals surface area contributed by atoms with Gasteiger partial charge in [-0.1, -0.05) is 0 Å². The molecule has 2 amide bonds. The molecule has 1 aliphatic heterocycles. The van der Waals surface area contributed by atoms with E-state index in [1.807, 2.05) is 19.9 Å².